The summed E-state index contributed by atoms with van der Waals surface area (Å²) in [4.78, 5) is 0. The van der Waals surface area contributed by atoms with E-state index < -0.39 is 0 Å². The lowest BCUT2D eigenvalue weighted by atomic mass is 9.86. The van der Waals surface area contributed by atoms with Crippen molar-refractivity contribution in [1.82, 2.24) is 5.32 Å². The summed E-state index contributed by atoms with van der Waals surface area (Å²) < 4.78 is 5.21. The number of ether oxygens (including phenoxy) is 1. The molecule has 3 heteroatoms. The second-order valence-electron chi connectivity index (χ2n) is 4.29. The van der Waals surface area contributed by atoms with Crippen LogP contribution in [-0.4, -0.2) is 26.3 Å². The van der Waals surface area contributed by atoms with Crippen LogP contribution in [0.4, 0.5) is 0 Å². The second kappa shape index (κ2) is 4.75. The highest BCUT2D eigenvalue weighted by Crippen LogP contribution is 2.24. The van der Waals surface area contributed by atoms with Gasteiger partial charge in [-0.3, -0.25) is 0 Å². The van der Waals surface area contributed by atoms with E-state index in [0.717, 1.165) is 26.3 Å². The highest BCUT2D eigenvalue weighted by Gasteiger charge is 2.36. The SMILES string of the molecule is NCC1(CNCc2ccccc2)COC1. The van der Waals surface area contributed by atoms with Gasteiger partial charge in [0.2, 0.25) is 0 Å². The minimum atomic E-state index is 0.189. The van der Waals surface area contributed by atoms with Crippen molar-refractivity contribution in [2.24, 2.45) is 11.1 Å². The predicted molar refractivity (Wildman–Crippen MR) is 60.5 cm³/mol. The van der Waals surface area contributed by atoms with E-state index in [-0.39, 0.29) is 5.41 Å². The van der Waals surface area contributed by atoms with Crippen molar-refractivity contribution in [1.29, 1.82) is 0 Å². The van der Waals surface area contributed by atoms with E-state index in [1.165, 1.54) is 5.56 Å². The maximum Gasteiger partial charge on any atom is 0.0569 e. The van der Waals surface area contributed by atoms with Gasteiger partial charge in [0.05, 0.1) is 13.2 Å². The maximum atomic E-state index is 5.73. The first-order valence-corrected chi connectivity index (χ1v) is 5.37. The molecule has 1 aromatic carbocycles. The molecule has 15 heavy (non-hydrogen) atoms. The molecule has 82 valence electrons. The van der Waals surface area contributed by atoms with E-state index in [1.807, 2.05) is 6.07 Å². The largest absolute Gasteiger partial charge is 0.380 e. The van der Waals surface area contributed by atoms with Gasteiger partial charge in [-0.25, -0.2) is 0 Å². The van der Waals surface area contributed by atoms with Crippen molar-refractivity contribution in [2.75, 3.05) is 26.3 Å². The fourth-order valence-corrected chi connectivity index (χ4v) is 1.75. The Morgan fingerprint density at radius 2 is 2.00 bits per heavy atom. The quantitative estimate of drug-likeness (QED) is 0.747. The lowest BCUT2D eigenvalue weighted by molar-refractivity contribution is -0.105. The van der Waals surface area contributed by atoms with Gasteiger partial charge in [0, 0.05) is 25.0 Å². The Hall–Kier alpha value is -0.900. The normalized spacial score (nSPS) is 18.5. The Bertz CT molecular complexity index is 290. The van der Waals surface area contributed by atoms with Gasteiger partial charge in [-0.2, -0.15) is 0 Å². The van der Waals surface area contributed by atoms with Crippen LogP contribution in [0.5, 0.6) is 0 Å². The van der Waals surface area contributed by atoms with E-state index in [1.54, 1.807) is 0 Å². The zero-order valence-corrected chi connectivity index (χ0v) is 8.91. The average Bonchev–Trinajstić information content (AvgIpc) is 2.24. The lowest BCUT2D eigenvalue weighted by Crippen LogP contribution is -2.54. The molecule has 1 aliphatic heterocycles. The van der Waals surface area contributed by atoms with Gasteiger partial charge in [0.15, 0.2) is 0 Å². The standard InChI is InChI=1S/C12H18N2O/c13-7-12(9-15-10-12)8-14-6-11-4-2-1-3-5-11/h1-5,14H,6-10,13H2. The van der Waals surface area contributed by atoms with Crippen molar-refractivity contribution in [3.8, 4) is 0 Å². The third-order valence-electron chi connectivity index (χ3n) is 2.92. The molecule has 3 N–H and O–H groups in total. The highest BCUT2D eigenvalue weighted by molar-refractivity contribution is 5.14. The summed E-state index contributed by atoms with van der Waals surface area (Å²) in [5.74, 6) is 0. The molecule has 0 saturated carbocycles. The molecule has 0 bridgehead atoms. The van der Waals surface area contributed by atoms with Crippen molar-refractivity contribution >= 4 is 0 Å². The van der Waals surface area contributed by atoms with E-state index in [0.29, 0.717) is 6.54 Å². The molecule has 0 amide bonds. The number of benzene rings is 1. The van der Waals surface area contributed by atoms with Crippen LogP contribution in [0, 0.1) is 5.41 Å². The van der Waals surface area contributed by atoms with E-state index in [2.05, 4.69) is 29.6 Å². The van der Waals surface area contributed by atoms with Gasteiger partial charge < -0.3 is 15.8 Å². The van der Waals surface area contributed by atoms with Crippen molar-refractivity contribution in [2.45, 2.75) is 6.54 Å². The molecule has 2 rings (SSSR count). The van der Waals surface area contributed by atoms with Crippen LogP contribution in [-0.2, 0) is 11.3 Å². The molecule has 1 fully saturated rings. The van der Waals surface area contributed by atoms with Gasteiger partial charge in [-0.15, -0.1) is 0 Å². The van der Waals surface area contributed by atoms with Gasteiger partial charge >= 0.3 is 0 Å². The Labute approximate surface area is 90.6 Å². The topological polar surface area (TPSA) is 47.3 Å². The molecule has 0 spiro atoms. The summed E-state index contributed by atoms with van der Waals surface area (Å²) in [5, 5.41) is 3.44. The molecule has 1 aliphatic rings. The maximum absolute atomic E-state index is 5.73. The van der Waals surface area contributed by atoms with Crippen LogP contribution in [0.15, 0.2) is 30.3 Å². The first-order chi connectivity index (χ1) is 7.35. The Morgan fingerprint density at radius 1 is 1.27 bits per heavy atom. The fraction of sp³-hybridized carbons (Fsp3) is 0.500. The number of hydrogen-bond acceptors (Lipinski definition) is 3. The van der Waals surface area contributed by atoms with Gasteiger partial charge in [0.1, 0.15) is 0 Å². The van der Waals surface area contributed by atoms with Crippen molar-refractivity contribution in [3.05, 3.63) is 35.9 Å². The van der Waals surface area contributed by atoms with E-state index in [9.17, 15) is 0 Å². The molecule has 0 aliphatic carbocycles. The summed E-state index contributed by atoms with van der Waals surface area (Å²) in [5.41, 5.74) is 7.23. The van der Waals surface area contributed by atoms with E-state index in [4.69, 9.17) is 10.5 Å². The summed E-state index contributed by atoms with van der Waals surface area (Å²) in [6.45, 7) is 4.15. The highest BCUT2D eigenvalue weighted by atomic mass is 16.5. The molecule has 1 aromatic rings. The molecule has 3 nitrogen and oxygen atoms in total. The molecule has 0 aromatic heterocycles. The molecular weight excluding hydrogens is 188 g/mol. The Morgan fingerprint density at radius 3 is 2.53 bits per heavy atom. The Balaban J connectivity index is 1.75. The van der Waals surface area contributed by atoms with Gasteiger partial charge in [-0.1, -0.05) is 30.3 Å². The van der Waals surface area contributed by atoms with Crippen LogP contribution < -0.4 is 11.1 Å². The minimum Gasteiger partial charge on any atom is -0.380 e. The smallest absolute Gasteiger partial charge is 0.0569 e. The van der Waals surface area contributed by atoms with Crippen LogP contribution >= 0.6 is 0 Å². The van der Waals surface area contributed by atoms with Crippen LogP contribution in [0.1, 0.15) is 5.56 Å². The third kappa shape index (κ3) is 2.56. The van der Waals surface area contributed by atoms with Gasteiger partial charge in [0.25, 0.3) is 0 Å². The third-order valence-corrected chi connectivity index (χ3v) is 2.92. The first kappa shape index (κ1) is 10.6. The zero-order chi connectivity index (χ0) is 10.6. The fourth-order valence-electron chi connectivity index (χ4n) is 1.75. The summed E-state index contributed by atoms with van der Waals surface area (Å²) in [6.07, 6.45) is 0. The predicted octanol–water partition coefficient (Wildman–Crippen LogP) is 0.751. The second-order valence-corrected chi connectivity index (χ2v) is 4.29. The summed E-state index contributed by atoms with van der Waals surface area (Å²) in [7, 11) is 0. The monoisotopic (exact) mass is 206 g/mol. The molecule has 0 radical (unpaired) electrons. The first-order valence-electron chi connectivity index (χ1n) is 5.37. The van der Waals surface area contributed by atoms with Crippen molar-refractivity contribution in [3.63, 3.8) is 0 Å². The van der Waals surface area contributed by atoms with Crippen LogP contribution in [0.3, 0.4) is 0 Å². The number of rotatable bonds is 5. The summed E-state index contributed by atoms with van der Waals surface area (Å²) >= 11 is 0. The average molecular weight is 206 g/mol. The molecule has 1 saturated heterocycles. The summed E-state index contributed by atoms with van der Waals surface area (Å²) in [6, 6.07) is 10.4. The minimum absolute atomic E-state index is 0.189. The Kier molecular flexibility index (Phi) is 3.36. The van der Waals surface area contributed by atoms with Crippen LogP contribution in [0.2, 0.25) is 0 Å². The number of nitrogens with two attached hydrogens (primary N) is 1. The lowest BCUT2D eigenvalue weighted by Gasteiger charge is -2.40. The van der Waals surface area contributed by atoms with Gasteiger partial charge in [-0.05, 0) is 5.56 Å². The molecule has 1 heterocycles. The van der Waals surface area contributed by atoms with Crippen LogP contribution in [0.25, 0.3) is 0 Å². The number of nitrogens with one attached hydrogen (secondary N) is 1. The zero-order valence-electron chi connectivity index (χ0n) is 8.91. The van der Waals surface area contributed by atoms with Crippen molar-refractivity contribution < 1.29 is 4.74 Å². The van der Waals surface area contributed by atoms with E-state index >= 15 is 0 Å². The molecule has 0 unspecified atom stereocenters. The molecular formula is C12H18N2O. The molecule has 0 atom stereocenters. The number of hydrogen-bond donors (Lipinski definition) is 2.